The van der Waals surface area contributed by atoms with Crippen molar-refractivity contribution in [3.8, 4) is 11.3 Å². The van der Waals surface area contributed by atoms with Gasteiger partial charge in [0.2, 0.25) is 0 Å². The van der Waals surface area contributed by atoms with Gasteiger partial charge in [-0.2, -0.15) is 0 Å². The van der Waals surface area contributed by atoms with Crippen LogP contribution in [0.1, 0.15) is 27.6 Å². The first-order valence-corrected chi connectivity index (χ1v) is 9.83. The number of furan rings is 1. The number of carbonyl (C=O) groups excluding carboxylic acids is 1. The van der Waals surface area contributed by atoms with Crippen LogP contribution in [-0.2, 0) is 0 Å². The third-order valence-electron chi connectivity index (χ3n) is 5.11. The van der Waals surface area contributed by atoms with E-state index in [2.05, 4.69) is 20.4 Å². The van der Waals surface area contributed by atoms with Crippen molar-refractivity contribution in [2.24, 2.45) is 0 Å². The number of hydrogen-bond donors (Lipinski definition) is 1. The normalized spacial score (nSPS) is 11.1. The van der Waals surface area contributed by atoms with E-state index in [1.54, 1.807) is 13.0 Å². The number of aromatic nitrogens is 2. The summed E-state index contributed by atoms with van der Waals surface area (Å²) in [7, 11) is 2.00. The summed E-state index contributed by atoms with van der Waals surface area (Å²) in [5.74, 6) is 1.34. The predicted octanol–water partition coefficient (Wildman–Crippen LogP) is 4.27. The van der Waals surface area contributed by atoms with Gasteiger partial charge in [-0.3, -0.25) is 4.79 Å². The van der Waals surface area contributed by atoms with Gasteiger partial charge >= 0.3 is 0 Å². The number of pyridine rings is 1. The van der Waals surface area contributed by atoms with Gasteiger partial charge in [0.15, 0.2) is 0 Å². The lowest BCUT2D eigenvalue weighted by Crippen LogP contribution is -2.33. The lowest BCUT2D eigenvalue weighted by molar-refractivity contribution is 0.0956. The second kappa shape index (κ2) is 8.02. The SMILES string of the molecule is Cc1cc(-c2cc(C(=O)NCCN(C)c3ccccc3)c3c(C)noc3n2)c(C)o1. The number of likely N-dealkylation sites (N-methyl/N-ethyl adjacent to an activating group) is 1. The van der Waals surface area contributed by atoms with Crippen LogP contribution in [0.25, 0.3) is 22.4 Å². The minimum atomic E-state index is -0.186. The first kappa shape index (κ1) is 19.7. The summed E-state index contributed by atoms with van der Waals surface area (Å²) >= 11 is 0. The summed E-state index contributed by atoms with van der Waals surface area (Å²) < 4.78 is 11.0. The Hall–Kier alpha value is -3.61. The van der Waals surface area contributed by atoms with Gasteiger partial charge in [-0.25, -0.2) is 4.98 Å². The van der Waals surface area contributed by atoms with Crippen molar-refractivity contribution in [3.05, 3.63) is 65.2 Å². The van der Waals surface area contributed by atoms with Crippen LogP contribution >= 0.6 is 0 Å². The van der Waals surface area contributed by atoms with E-state index >= 15 is 0 Å². The smallest absolute Gasteiger partial charge is 0.259 e. The van der Waals surface area contributed by atoms with Gasteiger partial charge in [0.05, 0.1) is 22.3 Å². The zero-order valence-electron chi connectivity index (χ0n) is 17.5. The van der Waals surface area contributed by atoms with Crippen molar-refractivity contribution in [2.45, 2.75) is 20.8 Å². The van der Waals surface area contributed by atoms with Gasteiger partial charge in [-0.15, -0.1) is 0 Å². The minimum absolute atomic E-state index is 0.186. The van der Waals surface area contributed by atoms with Gasteiger partial charge in [-0.05, 0) is 45.0 Å². The molecule has 0 bridgehead atoms. The molecule has 0 aliphatic carbocycles. The number of nitrogens with one attached hydrogen (secondary N) is 1. The Morgan fingerprint density at radius 1 is 1.13 bits per heavy atom. The Balaban J connectivity index is 1.58. The molecule has 0 aliphatic heterocycles. The Morgan fingerprint density at radius 3 is 2.60 bits per heavy atom. The Labute approximate surface area is 174 Å². The zero-order valence-corrected chi connectivity index (χ0v) is 17.5. The van der Waals surface area contributed by atoms with Gasteiger partial charge < -0.3 is 19.2 Å². The van der Waals surface area contributed by atoms with Crippen molar-refractivity contribution < 1.29 is 13.7 Å². The second-order valence-corrected chi connectivity index (χ2v) is 7.34. The summed E-state index contributed by atoms with van der Waals surface area (Å²) in [4.78, 5) is 19.7. The molecule has 0 spiro atoms. The molecule has 1 N–H and O–H groups in total. The number of aryl methyl sites for hydroxylation is 3. The average Bonchev–Trinajstić information content (AvgIpc) is 3.29. The van der Waals surface area contributed by atoms with Crippen LogP contribution in [0.3, 0.4) is 0 Å². The standard InChI is InChI=1S/C23H24N4O3/c1-14-12-18(16(3)29-14)20-13-19(21-15(2)26-30-23(21)25-20)22(28)24-10-11-27(4)17-8-6-5-7-9-17/h5-9,12-13H,10-11H2,1-4H3,(H,24,28). The van der Waals surface area contributed by atoms with Crippen molar-refractivity contribution in [1.29, 1.82) is 0 Å². The maximum atomic E-state index is 13.1. The van der Waals surface area contributed by atoms with E-state index in [-0.39, 0.29) is 5.91 Å². The van der Waals surface area contributed by atoms with Crippen LogP contribution in [0.15, 0.2) is 51.4 Å². The molecule has 0 unspecified atom stereocenters. The number of fused-ring (bicyclic) bond motifs is 1. The maximum absolute atomic E-state index is 13.1. The molecule has 4 aromatic rings. The lowest BCUT2D eigenvalue weighted by atomic mass is 10.1. The molecule has 30 heavy (non-hydrogen) atoms. The fourth-order valence-corrected chi connectivity index (χ4v) is 3.54. The van der Waals surface area contributed by atoms with Crippen LogP contribution in [0.5, 0.6) is 0 Å². The van der Waals surface area contributed by atoms with Crippen LogP contribution in [0, 0.1) is 20.8 Å². The lowest BCUT2D eigenvalue weighted by Gasteiger charge is -2.19. The number of amides is 1. The number of hydrogen-bond acceptors (Lipinski definition) is 6. The number of para-hydroxylation sites is 1. The predicted molar refractivity (Wildman–Crippen MR) is 116 cm³/mol. The van der Waals surface area contributed by atoms with E-state index in [0.29, 0.717) is 41.1 Å². The van der Waals surface area contributed by atoms with E-state index in [9.17, 15) is 4.79 Å². The van der Waals surface area contributed by atoms with Crippen molar-refractivity contribution in [2.75, 3.05) is 25.0 Å². The fourth-order valence-electron chi connectivity index (χ4n) is 3.54. The molecule has 0 fully saturated rings. The highest BCUT2D eigenvalue weighted by Gasteiger charge is 2.21. The van der Waals surface area contributed by atoms with Crippen LogP contribution in [0.4, 0.5) is 5.69 Å². The molecule has 3 aromatic heterocycles. The third-order valence-corrected chi connectivity index (χ3v) is 5.11. The van der Waals surface area contributed by atoms with Crippen molar-refractivity contribution in [1.82, 2.24) is 15.5 Å². The molecule has 7 nitrogen and oxygen atoms in total. The molecule has 0 atom stereocenters. The Kier molecular flexibility index (Phi) is 5.27. The van der Waals surface area contributed by atoms with Crippen LogP contribution in [0.2, 0.25) is 0 Å². The molecular formula is C23H24N4O3. The summed E-state index contributed by atoms with van der Waals surface area (Å²) in [6.07, 6.45) is 0. The van der Waals surface area contributed by atoms with Gasteiger partial charge in [0.1, 0.15) is 11.5 Å². The first-order chi connectivity index (χ1) is 14.4. The molecule has 1 aromatic carbocycles. The molecule has 7 heteroatoms. The number of benzene rings is 1. The number of nitrogens with zero attached hydrogens (tertiary/aromatic N) is 3. The van der Waals surface area contributed by atoms with Gasteiger partial charge in [0, 0.05) is 31.4 Å². The van der Waals surface area contributed by atoms with Gasteiger partial charge in [0.25, 0.3) is 11.6 Å². The molecule has 0 saturated heterocycles. The maximum Gasteiger partial charge on any atom is 0.259 e. The first-order valence-electron chi connectivity index (χ1n) is 9.83. The molecule has 0 saturated carbocycles. The topological polar surface area (TPSA) is 84.4 Å². The Bertz CT molecular complexity index is 1190. The second-order valence-electron chi connectivity index (χ2n) is 7.34. The molecule has 0 aliphatic rings. The molecule has 0 radical (unpaired) electrons. The largest absolute Gasteiger partial charge is 0.466 e. The quantitative estimate of drug-likeness (QED) is 0.516. The summed E-state index contributed by atoms with van der Waals surface area (Å²) in [6.45, 7) is 6.74. The summed E-state index contributed by atoms with van der Waals surface area (Å²) in [6, 6.07) is 13.7. The minimum Gasteiger partial charge on any atom is -0.466 e. The molecule has 3 heterocycles. The third kappa shape index (κ3) is 3.78. The van der Waals surface area contributed by atoms with Gasteiger partial charge in [-0.1, -0.05) is 23.4 Å². The highest BCUT2D eigenvalue weighted by Crippen LogP contribution is 2.30. The Morgan fingerprint density at radius 2 is 1.90 bits per heavy atom. The molecule has 1 amide bonds. The van der Waals surface area contributed by atoms with Crippen LogP contribution in [-0.4, -0.2) is 36.2 Å². The van der Waals surface area contributed by atoms with E-state index in [1.165, 1.54) is 0 Å². The number of rotatable bonds is 6. The summed E-state index contributed by atoms with van der Waals surface area (Å²) in [5, 5.41) is 7.64. The van der Waals surface area contributed by atoms with E-state index in [1.807, 2.05) is 57.3 Å². The van der Waals surface area contributed by atoms with Crippen molar-refractivity contribution in [3.63, 3.8) is 0 Å². The van der Waals surface area contributed by atoms with E-state index in [4.69, 9.17) is 8.94 Å². The van der Waals surface area contributed by atoms with E-state index < -0.39 is 0 Å². The number of carbonyl (C=O) groups is 1. The van der Waals surface area contributed by atoms with Crippen LogP contribution < -0.4 is 10.2 Å². The summed E-state index contributed by atoms with van der Waals surface area (Å²) in [5.41, 5.74) is 4.03. The highest BCUT2D eigenvalue weighted by molar-refractivity contribution is 6.07. The van der Waals surface area contributed by atoms with E-state index in [0.717, 1.165) is 22.8 Å². The fraction of sp³-hybridized carbons (Fsp3) is 0.261. The molecule has 154 valence electrons. The highest BCUT2D eigenvalue weighted by atomic mass is 16.5. The monoisotopic (exact) mass is 404 g/mol. The number of anilines is 1. The average molecular weight is 404 g/mol. The zero-order chi connectivity index (χ0) is 21.3. The van der Waals surface area contributed by atoms with Crippen molar-refractivity contribution >= 4 is 22.7 Å². The molecule has 4 rings (SSSR count). The molecular weight excluding hydrogens is 380 g/mol.